The molecular formula is C24H26N2O2S. The van der Waals surface area contributed by atoms with Gasteiger partial charge in [-0.1, -0.05) is 94.5 Å². The highest BCUT2D eigenvalue weighted by Crippen LogP contribution is 2.24. The van der Waals surface area contributed by atoms with E-state index in [1.54, 1.807) is 10.6 Å². The quantitative estimate of drug-likeness (QED) is 0.603. The summed E-state index contributed by atoms with van der Waals surface area (Å²) in [5, 5.41) is 0. The summed E-state index contributed by atoms with van der Waals surface area (Å²) < 4.78 is 1.57. The topological polar surface area (TPSA) is 51.4 Å². The van der Waals surface area contributed by atoms with Crippen LogP contribution in [0.25, 0.3) is 16.1 Å². The monoisotopic (exact) mass is 406 g/mol. The maximum absolute atomic E-state index is 13.2. The van der Waals surface area contributed by atoms with Crippen LogP contribution in [0.1, 0.15) is 46.1 Å². The maximum Gasteiger partial charge on any atom is 0.258 e. The lowest BCUT2D eigenvalue weighted by atomic mass is 9.96. The molecule has 1 aromatic heterocycles. The minimum absolute atomic E-state index is 0.198. The molecule has 4 nitrogen and oxygen atoms in total. The third-order valence-electron chi connectivity index (χ3n) is 4.56. The molecule has 1 heterocycles. The molecular weight excluding hydrogens is 380 g/mol. The van der Waals surface area contributed by atoms with Crippen molar-refractivity contribution in [2.45, 2.75) is 40.5 Å². The number of rotatable bonds is 3. The number of carbonyl (C=O) groups is 1. The highest BCUT2D eigenvalue weighted by molar-refractivity contribution is 7.12. The van der Waals surface area contributed by atoms with E-state index in [0.29, 0.717) is 4.80 Å². The molecule has 0 aliphatic rings. The van der Waals surface area contributed by atoms with Crippen molar-refractivity contribution >= 4 is 17.2 Å². The fourth-order valence-corrected chi connectivity index (χ4v) is 3.94. The summed E-state index contributed by atoms with van der Waals surface area (Å²) in [5.41, 5.74) is 1.90. The van der Waals surface area contributed by atoms with E-state index in [9.17, 15) is 9.59 Å². The van der Waals surface area contributed by atoms with E-state index in [1.165, 1.54) is 11.3 Å². The van der Waals surface area contributed by atoms with Gasteiger partial charge in [-0.2, -0.15) is 4.99 Å². The Balaban J connectivity index is 2.36. The van der Waals surface area contributed by atoms with Crippen LogP contribution in [0.4, 0.5) is 0 Å². The molecule has 3 rings (SSSR count). The van der Waals surface area contributed by atoms with E-state index in [2.05, 4.69) is 18.8 Å². The number of aromatic nitrogens is 1. The molecule has 0 radical (unpaired) electrons. The molecule has 29 heavy (non-hydrogen) atoms. The van der Waals surface area contributed by atoms with Gasteiger partial charge in [0.15, 0.2) is 0 Å². The molecule has 3 aromatic rings. The van der Waals surface area contributed by atoms with Crippen LogP contribution >= 0.6 is 11.3 Å². The number of carbonyl (C=O) groups excluding carboxylic acids is 1. The second-order valence-electron chi connectivity index (χ2n) is 8.31. The molecule has 0 aliphatic carbocycles. The summed E-state index contributed by atoms with van der Waals surface area (Å²) in [4.78, 5) is 31.5. The lowest BCUT2D eigenvalue weighted by Crippen LogP contribution is -2.33. The Bertz CT molecular complexity index is 1150. The summed E-state index contributed by atoms with van der Waals surface area (Å²) in [7, 11) is 0. The molecule has 0 aliphatic heterocycles. The van der Waals surface area contributed by atoms with Gasteiger partial charge < -0.3 is 0 Å². The Morgan fingerprint density at radius 2 is 1.62 bits per heavy atom. The SMILES string of the molecule is CC(C)c1ccccc1-n1c(=O)cc(-c2ccccc2)sc1=NC(=O)C(C)(C)C. The van der Waals surface area contributed by atoms with Gasteiger partial charge >= 0.3 is 0 Å². The van der Waals surface area contributed by atoms with Crippen LogP contribution in [0.15, 0.2) is 70.5 Å². The molecule has 0 N–H and O–H groups in total. The average molecular weight is 407 g/mol. The zero-order valence-corrected chi connectivity index (χ0v) is 18.3. The number of benzene rings is 2. The van der Waals surface area contributed by atoms with Crippen LogP contribution in [0.3, 0.4) is 0 Å². The van der Waals surface area contributed by atoms with Crippen LogP contribution in [0, 0.1) is 5.41 Å². The van der Waals surface area contributed by atoms with Gasteiger partial charge in [-0.15, -0.1) is 0 Å². The standard InChI is InChI=1S/C24H26N2O2S/c1-16(2)18-13-9-10-14-19(18)26-21(27)15-20(17-11-7-6-8-12-17)29-23(26)25-22(28)24(3,4)5/h6-16H,1-5H3. The molecule has 5 heteroatoms. The zero-order chi connectivity index (χ0) is 21.2. The lowest BCUT2D eigenvalue weighted by molar-refractivity contribution is -0.125. The van der Waals surface area contributed by atoms with Gasteiger partial charge in [0.05, 0.1) is 5.69 Å². The number of hydrogen-bond donors (Lipinski definition) is 0. The van der Waals surface area contributed by atoms with Crippen molar-refractivity contribution in [2.24, 2.45) is 10.4 Å². The predicted molar refractivity (Wildman–Crippen MR) is 119 cm³/mol. The predicted octanol–water partition coefficient (Wildman–Crippen LogP) is 5.16. The summed E-state index contributed by atoms with van der Waals surface area (Å²) in [6, 6.07) is 19.1. The van der Waals surface area contributed by atoms with Crippen molar-refractivity contribution in [1.82, 2.24) is 4.57 Å². The first-order valence-corrected chi connectivity index (χ1v) is 10.5. The van der Waals surface area contributed by atoms with E-state index >= 15 is 0 Å². The molecule has 0 saturated heterocycles. The van der Waals surface area contributed by atoms with E-state index in [0.717, 1.165) is 21.7 Å². The second kappa shape index (κ2) is 8.29. The molecule has 0 unspecified atom stereocenters. The van der Waals surface area contributed by atoms with E-state index in [4.69, 9.17) is 0 Å². The Kier molecular flexibility index (Phi) is 5.99. The maximum atomic E-state index is 13.2. The molecule has 150 valence electrons. The number of nitrogens with zero attached hydrogens (tertiary/aromatic N) is 2. The molecule has 0 atom stereocenters. The van der Waals surface area contributed by atoms with Crippen molar-refractivity contribution in [3.63, 3.8) is 0 Å². The van der Waals surface area contributed by atoms with Gasteiger partial charge in [0, 0.05) is 16.4 Å². The Morgan fingerprint density at radius 1 is 1.00 bits per heavy atom. The van der Waals surface area contributed by atoms with Crippen LogP contribution in [0.2, 0.25) is 0 Å². The van der Waals surface area contributed by atoms with Crippen molar-refractivity contribution in [2.75, 3.05) is 0 Å². The third kappa shape index (κ3) is 4.62. The third-order valence-corrected chi connectivity index (χ3v) is 5.59. The first-order chi connectivity index (χ1) is 13.7. The van der Waals surface area contributed by atoms with Gasteiger partial charge in [-0.3, -0.25) is 14.2 Å². The lowest BCUT2D eigenvalue weighted by Gasteiger charge is -2.16. The minimum Gasteiger partial charge on any atom is -0.272 e. The number of hydrogen-bond acceptors (Lipinski definition) is 3. The van der Waals surface area contributed by atoms with Gasteiger partial charge in [0.1, 0.15) is 0 Å². The normalized spacial score (nSPS) is 12.4. The highest BCUT2D eigenvalue weighted by Gasteiger charge is 2.22. The minimum atomic E-state index is -0.631. The van der Waals surface area contributed by atoms with Gasteiger partial charge in [-0.25, -0.2) is 0 Å². The Morgan fingerprint density at radius 3 is 2.24 bits per heavy atom. The molecule has 1 amide bonds. The van der Waals surface area contributed by atoms with Crippen molar-refractivity contribution < 1.29 is 4.79 Å². The molecule has 0 bridgehead atoms. The summed E-state index contributed by atoms with van der Waals surface area (Å²) in [6.07, 6.45) is 0. The van der Waals surface area contributed by atoms with E-state index < -0.39 is 5.41 Å². The van der Waals surface area contributed by atoms with Crippen LogP contribution in [-0.2, 0) is 4.79 Å². The molecule has 0 saturated carbocycles. The van der Waals surface area contributed by atoms with Crippen molar-refractivity contribution in [3.8, 4) is 16.1 Å². The van der Waals surface area contributed by atoms with Crippen LogP contribution in [-0.4, -0.2) is 10.5 Å². The van der Waals surface area contributed by atoms with E-state index in [1.807, 2.05) is 75.4 Å². The van der Waals surface area contributed by atoms with Crippen molar-refractivity contribution in [3.05, 3.63) is 81.4 Å². The number of amides is 1. The molecule has 0 fully saturated rings. The van der Waals surface area contributed by atoms with Gasteiger partial charge in [-0.05, 0) is 23.1 Å². The van der Waals surface area contributed by atoms with E-state index in [-0.39, 0.29) is 17.4 Å². The Labute approximate surface area is 175 Å². The highest BCUT2D eigenvalue weighted by atomic mass is 32.1. The van der Waals surface area contributed by atoms with Crippen LogP contribution in [0.5, 0.6) is 0 Å². The fourth-order valence-electron chi connectivity index (χ4n) is 2.92. The summed E-state index contributed by atoms with van der Waals surface area (Å²) in [5.74, 6) is -0.0304. The van der Waals surface area contributed by atoms with Crippen molar-refractivity contribution in [1.29, 1.82) is 0 Å². The first kappa shape index (κ1) is 20.9. The summed E-state index contributed by atoms with van der Waals surface area (Å²) >= 11 is 1.35. The molecule has 0 spiro atoms. The fraction of sp³-hybridized carbons (Fsp3) is 0.292. The van der Waals surface area contributed by atoms with Crippen LogP contribution < -0.4 is 10.4 Å². The number of para-hydroxylation sites is 1. The largest absolute Gasteiger partial charge is 0.272 e. The summed E-state index contributed by atoms with van der Waals surface area (Å²) in [6.45, 7) is 9.66. The Hall–Kier alpha value is -2.79. The smallest absolute Gasteiger partial charge is 0.258 e. The first-order valence-electron chi connectivity index (χ1n) is 9.69. The average Bonchev–Trinajstić information content (AvgIpc) is 2.67. The van der Waals surface area contributed by atoms with Gasteiger partial charge in [0.2, 0.25) is 4.80 Å². The molecule has 2 aromatic carbocycles. The van der Waals surface area contributed by atoms with Gasteiger partial charge in [0.25, 0.3) is 11.5 Å². The second-order valence-corrected chi connectivity index (χ2v) is 9.32. The zero-order valence-electron chi connectivity index (χ0n) is 17.5.